The Kier molecular flexibility index (Phi) is 2.81. The number of nitrogens with zero attached hydrogens (tertiary/aromatic N) is 3. The van der Waals surface area contributed by atoms with E-state index >= 15 is 0 Å². The van der Waals surface area contributed by atoms with Crippen LogP contribution in [0, 0.1) is 22.7 Å². The average Bonchev–Trinajstić information content (AvgIpc) is 2.86. The highest BCUT2D eigenvalue weighted by Gasteiger charge is 2.09. The molecular weight excluding hydrogens is 214 g/mol. The van der Waals surface area contributed by atoms with Crippen LogP contribution in [0.1, 0.15) is 11.3 Å². The lowest BCUT2D eigenvalue weighted by molar-refractivity contribution is 0.414. The zero-order valence-electron chi connectivity index (χ0n) is 9.21. The maximum atomic E-state index is 9.06. The fourth-order valence-corrected chi connectivity index (χ4v) is 1.61. The van der Waals surface area contributed by atoms with Gasteiger partial charge in [0, 0.05) is 12.3 Å². The van der Waals surface area contributed by atoms with Crippen LogP contribution in [0.5, 0.6) is 5.75 Å². The van der Waals surface area contributed by atoms with E-state index in [2.05, 4.69) is 12.1 Å². The highest BCUT2D eigenvalue weighted by Crippen LogP contribution is 2.22. The zero-order chi connectivity index (χ0) is 12.3. The van der Waals surface area contributed by atoms with Gasteiger partial charge < -0.3 is 9.30 Å². The van der Waals surface area contributed by atoms with Crippen molar-refractivity contribution in [3.8, 4) is 23.6 Å². The SMILES string of the molecule is COc1ccc(C#N)c(-n2cccc2C#N)c1. The van der Waals surface area contributed by atoms with E-state index < -0.39 is 0 Å². The molecule has 0 spiro atoms. The Hall–Kier alpha value is -2.72. The number of hydrogen-bond donors (Lipinski definition) is 0. The lowest BCUT2D eigenvalue weighted by Gasteiger charge is -2.09. The van der Waals surface area contributed by atoms with Gasteiger partial charge in [0.1, 0.15) is 23.6 Å². The highest BCUT2D eigenvalue weighted by molar-refractivity contribution is 5.54. The highest BCUT2D eigenvalue weighted by atomic mass is 16.5. The lowest BCUT2D eigenvalue weighted by atomic mass is 10.2. The first-order valence-corrected chi connectivity index (χ1v) is 4.96. The van der Waals surface area contributed by atoms with Gasteiger partial charge in [-0.1, -0.05) is 0 Å². The summed E-state index contributed by atoms with van der Waals surface area (Å²) in [5.74, 6) is 0.650. The Morgan fingerprint density at radius 3 is 2.65 bits per heavy atom. The van der Waals surface area contributed by atoms with Crippen LogP contribution in [0.3, 0.4) is 0 Å². The molecular formula is C13H9N3O. The second kappa shape index (κ2) is 4.42. The van der Waals surface area contributed by atoms with Gasteiger partial charge in [0.15, 0.2) is 0 Å². The Balaban J connectivity index is 2.66. The maximum absolute atomic E-state index is 9.06. The Labute approximate surface area is 98.9 Å². The number of ether oxygens (including phenoxy) is 1. The van der Waals surface area contributed by atoms with Crippen LogP contribution < -0.4 is 4.74 Å². The van der Waals surface area contributed by atoms with Crippen LogP contribution in [0.25, 0.3) is 5.69 Å². The van der Waals surface area contributed by atoms with Gasteiger partial charge in [-0.15, -0.1) is 0 Å². The Morgan fingerprint density at radius 2 is 2.00 bits per heavy atom. The third kappa shape index (κ3) is 1.84. The standard InChI is InChI=1S/C13H9N3O/c1-17-12-5-4-10(8-14)13(7-12)16-6-2-3-11(16)9-15/h2-7H,1H3. The van der Waals surface area contributed by atoms with Crippen molar-refractivity contribution in [1.29, 1.82) is 10.5 Å². The van der Waals surface area contributed by atoms with Crippen LogP contribution in [0.4, 0.5) is 0 Å². The van der Waals surface area contributed by atoms with Crippen LogP contribution in [-0.2, 0) is 0 Å². The summed E-state index contributed by atoms with van der Waals surface area (Å²) in [5.41, 5.74) is 1.63. The predicted octanol–water partition coefficient (Wildman–Crippen LogP) is 2.23. The minimum absolute atomic E-state index is 0.481. The van der Waals surface area contributed by atoms with E-state index in [-0.39, 0.29) is 0 Å². The first-order chi connectivity index (χ1) is 8.30. The molecule has 1 heterocycles. The molecule has 2 aromatic rings. The molecule has 0 aliphatic heterocycles. The molecule has 17 heavy (non-hydrogen) atoms. The second-order valence-corrected chi connectivity index (χ2v) is 3.37. The third-order valence-electron chi connectivity index (χ3n) is 2.45. The van der Waals surface area contributed by atoms with E-state index in [1.165, 1.54) is 0 Å². The molecule has 0 fully saturated rings. The number of methoxy groups -OCH3 is 1. The zero-order valence-corrected chi connectivity index (χ0v) is 9.21. The number of hydrogen-bond acceptors (Lipinski definition) is 3. The van der Waals surface area contributed by atoms with Crippen molar-refractivity contribution in [3.63, 3.8) is 0 Å². The van der Waals surface area contributed by atoms with Crippen molar-refractivity contribution >= 4 is 0 Å². The van der Waals surface area contributed by atoms with Crippen molar-refractivity contribution < 1.29 is 4.74 Å². The number of nitriles is 2. The summed E-state index contributed by atoms with van der Waals surface area (Å²) in [4.78, 5) is 0. The molecule has 82 valence electrons. The van der Waals surface area contributed by atoms with Crippen LogP contribution in [-0.4, -0.2) is 11.7 Å². The summed E-state index contributed by atoms with van der Waals surface area (Å²) in [6.45, 7) is 0. The molecule has 2 rings (SSSR count). The molecule has 0 atom stereocenters. The summed E-state index contributed by atoms with van der Waals surface area (Å²) in [6, 6.07) is 12.8. The van der Waals surface area contributed by atoms with Crippen molar-refractivity contribution in [1.82, 2.24) is 4.57 Å². The number of benzene rings is 1. The van der Waals surface area contributed by atoms with Crippen molar-refractivity contribution in [2.45, 2.75) is 0 Å². The van der Waals surface area contributed by atoms with Gasteiger partial charge in [0.05, 0.1) is 18.4 Å². The van der Waals surface area contributed by atoms with Gasteiger partial charge >= 0.3 is 0 Å². The molecule has 0 aliphatic carbocycles. The third-order valence-corrected chi connectivity index (χ3v) is 2.45. The van der Waals surface area contributed by atoms with Crippen LogP contribution in [0.15, 0.2) is 36.5 Å². The van der Waals surface area contributed by atoms with E-state index in [0.717, 1.165) is 0 Å². The summed E-state index contributed by atoms with van der Waals surface area (Å²) in [6.07, 6.45) is 1.74. The minimum Gasteiger partial charge on any atom is -0.497 e. The fourth-order valence-electron chi connectivity index (χ4n) is 1.61. The normalized spacial score (nSPS) is 9.35. The first kappa shape index (κ1) is 10.8. The van der Waals surface area contributed by atoms with Crippen LogP contribution >= 0.6 is 0 Å². The maximum Gasteiger partial charge on any atom is 0.124 e. The number of rotatable bonds is 2. The van der Waals surface area contributed by atoms with E-state index in [1.54, 1.807) is 48.2 Å². The molecule has 0 N–H and O–H groups in total. The van der Waals surface area contributed by atoms with Gasteiger partial charge in [-0.25, -0.2) is 0 Å². The molecule has 1 aromatic heterocycles. The van der Waals surface area contributed by atoms with Crippen molar-refractivity contribution in [2.75, 3.05) is 7.11 Å². The molecule has 0 amide bonds. The van der Waals surface area contributed by atoms with Gasteiger partial charge in [-0.05, 0) is 24.3 Å². The van der Waals surface area contributed by atoms with Gasteiger partial charge in [0.25, 0.3) is 0 Å². The smallest absolute Gasteiger partial charge is 0.124 e. The van der Waals surface area contributed by atoms with Gasteiger partial charge in [-0.3, -0.25) is 0 Å². The molecule has 4 nitrogen and oxygen atoms in total. The topological polar surface area (TPSA) is 61.7 Å². The molecule has 0 radical (unpaired) electrons. The Morgan fingerprint density at radius 1 is 1.18 bits per heavy atom. The average molecular weight is 223 g/mol. The fraction of sp³-hybridized carbons (Fsp3) is 0.0769. The van der Waals surface area contributed by atoms with Gasteiger partial charge in [0.2, 0.25) is 0 Å². The van der Waals surface area contributed by atoms with Crippen LogP contribution in [0.2, 0.25) is 0 Å². The summed E-state index contributed by atoms with van der Waals surface area (Å²) in [7, 11) is 1.56. The van der Waals surface area contributed by atoms with Crippen molar-refractivity contribution in [2.24, 2.45) is 0 Å². The summed E-state index contributed by atoms with van der Waals surface area (Å²) < 4.78 is 6.79. The van der Waals surface area contributed by atoms with E-state index in [9.17, 15) is 0 Å². The second-order valence-electron chi connectivity index (χ2n) is 3.37. The number of aromatic nitrogens is 1. The monoisotopic (exact) mass is 223 g/mol. The van der Waals surface area contributed by atoms with Gasteiger partial charge in [-0.2, -0.15) is 10.5 Å². The quantitative estimate of drug-likeness (QED) is 0.784. The summed E-state index contributed by atoms with van der Waals surface area (Å²) in [5, 5.41) is 18.0. The van der Waals surface area contributed by atoms with E-state index in [4.69, 9.17) is 15.3 Å². The minimum atomic E-state index is 0.481. The molecule has 0 saturated carbocycles. The predicted molar refractivity (Wildman–Crippen MR) is 61.8 cm³/mol. The van der Waals surface area contributed by atoms with Crippen molar-refractivity contribution in [3.05, 3.63) is 47.8 Å². The molecule has 0 saturated heterocycles. The largest absolute Gasteiger partial charge is 0.497 e. The molecule has 1 aromatic carbocycles. The Bertz CT molecular complexity index is 629. The first-order valence-electron chi connectivity index (χ1n) is 4.96. The molecule has 0 bridgehead atoms. The van der Waals surface area contributed by atoms with E-state index in [1.807, 2.05) is 0 Å². The molecule has 0 aliphatic rings. The molecule has 4 heteroatoms. The molecule has 0 unspecified atom stereocenters. The summed E-state index contributed by atoms with van der Waals surface area (Å²) >= 11 is 0. The lowest BCUT2D eigenvalue weighted by Crippen LogP contribution is -1.99. The van der Waals surface area contributed by atoms with E-state index in [0.29, 0.717) is 22.7 Å².